The molecule has 0 N–H and O–H groups in total. The van der Waals surface area contributed by atoms with Gasteiger partial charge in [-0.1, -0.05) is 30.3 Å². The van der Waals surface area contributed by atoms with Crippen LogP contribution in [0.5, 0.6) is 5.75 Å². The van der Waals surface area contributed by atoms with Gasteiger partial charge in [0.1, 0.15) is 10.8 Å². The fourth-order valence-corrected chi connectivity index (χ4v) is 4.38. The second-order valence-corrected chi connectivity index (χ2v) is 8.21. The molecule has 4 aromatic rings. The minimum atomic E-state index is -0.113. The van der Waals surface area contributed by atoms with E-state index >= 15 is 0 Å². The van der Waals surface area contributed by atoms with Gasteiger partial charge < -0.3 is 9.47 Å². The van der Waals surface area contributed by atoms with Crippen molar-refractivity contribution < 1.29 is 14.3 Å². The molecule has 5 heteroatoms. The average Bonchev–Trinajstić information content (AvgIpc) is 3.20. The molecular weight excluding hydrogens is 394 g/mol. The first kappa shape index (κ1) is 20.4. The number of nitrogens with zero attached hydrogens (tertiary/aromatic N) is 1. The highest BCUT2D eigenvalue weighted by molar-refractivity contribution is 7.21. The molecule has 0 saturated carbocycles. The summed E-state index contributed by atoms with van der Waals surface area (Å²) in [5, 5.41) is 3.37. The Kier molecular flexibility index (Phi) is 6.60. The van der Waals surface area contributed by atoms with E-state index in [1.54, 1.807) is 11.3 Å². The normalized spacial score (nSPS) is 11.1. The van der Waals surface area contributed by atoms with Crippen LogP contribution in [0.1, 0.15) is 32.6 Å². The number of carbonyl (C=O) groups excluding carboxylic acids is 1. The molecule has 0 bridgehead atoms. The van der Waals surface area contributed by atoms with Crippen LogP contribution in [0, 0.1) is 0 Å². The Morgan fingerprint density at radius 2 is 1.80 bits per heavy atom. The molecule has 1 aromatic heterocycles. The van der Waals surface area contributed by atoms with Crippen LogP contribution in [-0.4, -0.2) is 24.2 Å². The highest BCUT2D eigenvalue weighted by atomic mass is 32.1. The van der Waals surface area contributed by atoms with Crippen LogP contribution < -0.4 is 4.74 Å². The average molecular weight is 420 g/mol. The molecular formula is C25H25NO3S. The van der Waals surface area contributed by atoms with Gasteiger partial charge in [-0.3, -0.25) is 4.79 Å². The molecule has 0 atom stereocenters. The summed E-state index contributed by atoms with van der Waals surface area (Å²) in [4.78, 5) is 16.1. The van der Waals surface area contributed by atoms with E-state index in [2.05, 4.69) is 42.5 Å². The molecule has 4 nitrogen and oxygen atoms in total. The Bertz CT molecular complexity index is 1120. The summed E-state index contributed by atoms with van der Waals surface area (Å²) >= 11 is 1.72. The highest BCUT2D eigenvalue weighted by Crippen LogP contribution is 2.32. The lowest BCUT2D eigenvalue weighted by Gasteiger charge is -2.08. The minimum absolute atomic E-state index is 0.113. The van der Waals surface area contributed by atoms with Gasteiger partial charge in [0, 0.05) is 12.0 Å². The number of benzene rings is 3. The molecule has 0 aliphatic heterocycles. The molecule has 0 aliphatic carbocycles. The Labute approximate surface area is 180 Å². The van der Waals surface area contributed by atoms with E-state index in [0.29, 0.717) is 19.6 Å². The summed E-state index contributed by atoms with van der Waals surface area (Å²) in [5.41, 5.74) is 2.18. The molecule has 1 heterocycles. The Hall–Kier alpha value is -2.92. The van der Waals surface area contributed by atoms with Gasteiger partial charge in [0.25, 0.3) is 0 Å². The smallest absolute Gasteiger partial charge is 0.305 e. The topological polar surface area (TPSA) is 48.4 Å². The summed E-state index contributed by atoms with van der Waals surface area (Å²) in [5.74, 6) is 0.763. The number of hydrogen-bond acceptors (Lipinski definition) is 5. The van der Waals surface area contributed by atoms with Crippen LogP contribution in [0.15, 0.2) is 60.7 Å². The van der Waals surface area contributed by atoms with E-state index in [-0.39, 0.29) is 5.97 Å². The third kappa shape index (κ3) is 4.97. The first-order valence-corrected chi connectivity index (χ1v) is 11.2. The van der Waals surface area contributed by atoms with Crippen LogP contribution in [0.25, 0.3) is 31.6 Å². The maximum Gasteiger partial charge on any atom is 0.305 e. The minimum Gasteiger partial charge on any atom is -0.494 e. The van der Waals surface area contributed by atoms with Crippen LogP contribution in [0.4, 0.5) is 0 Å². The number of unbranched alkanes of at least 4 members (excludes halogenated alkanes) is 2. The Morgan fingerprint density at radius 3 is 2.67 bits per heavy atom. The lowest BCUT2D eigenvalue weighted by atomic mass is 10.1. The predicted octanol–water partition coefficient (Wildman–Crippen LogP) is 6.62. The summed E-state index contributed by atoms with van der Waals surface area (Å²) in [6, 6.07) is 20.9. The van der Waals surface area contributed by atoms with E-state index < -0.39 is 0 Å². The number of thiazole rings is 1. The van der Waals surface area contributed by atoms with Crippen LogP contribution in [-0.2, 0) is 9.53 Å². The van der Waals surface area contributed by atoms with Crippen LogP contribution in [0.3, 0.4) is 0 Å². The van der Waals surface area contributed by atoms with Gasteiger partial charge in [0.2, 0.25) is 0 Å². The molecule has 0 radical (unpaired) electrons. The first-order valence-electron chi connectivity index (χ1n) is 10.4. The molecule has 30 heavy (non-hydrogen) atoms. The van der Waals surface area contributed by atoms with Gasteiger partial charge >= 0.3 is 5.97 Å². The fourth-order valence-electron chi connectivity index (χ4n) is 3.41. The molecule has 0 aliphatic rings. The van der Waals surface area contributed by atoms with Crippen molar-refractivity contribution in [1.29, 1.82) is 0 Å². The second-order valence-electron chi connectivity index (χ2n) is 7.17. The monoisotopic (exact) mass is 419 g/mol. The van der Waals surface area contributed by atoms with Crippen molar-refractivity contribution in [2.45, 2.75) is 32.6 Å². The number of carbonyl (C=O) groups is 1. The lowest BCUT2D eigenvalue weighted by molar-refractivity contribution is -0.143. The molecule has 0 amide bonds. The number of hydrogen-bond donors (Lipinski definition) is 0. The maximum atomic E-state index is 11.3. The molecule has 0 unspecified atom stereocenters. The standard InChI is InChI=1S/C25H25NO3S/c1-2-28-24(27)10-4-3-7-15-29-21-14-13-18-16-20(12-11-19(18)17-21)25-26-22-8-5-6-9-23(22)30-25/h5-6,8-9,11-14,16-17H,2-4,7,10,15H2,1H3. The molecule has 3 aromatic carbocycles. The zero-order chi connectivity index (χ0) is 20.8. The van der Waals surface area contributed by atoms with Crippen LogP contribution >= 0.6 is 11.3 Å². The lowest BCUT2D eigenvalue weighted by Crippen LogP contribution is -2.04. The third-order valence-electron chi connectivity index (χ3n) is 4.95. The first-order chi connectivity index (χ1) is 14.7. The van der Waals surface area contributed by atoms with E-state index in [1.807, 2.05) is 25.1 Å². The highest BCUT2D eigenvalue weighted by Gasteiger charge is 2.07. The van der Waals surface area contributed by atoms with Gasteiger partial charge in [-0.15, -0.1) is 11.3 Å². The van der Waals surface area contributed by atoms with Gasteiger partial charge in [0.15, 0.2) is 0 Å². The van der Waals surface area contributed by atoms with Crippen molar-refractivity contribution in [3.05, 3.63) is 60.7 Å². The zero-order valence-electron chi connectivity index (χ0n) is 17.1. The Morgan fingerprint density at radius 1 is 0.967 bits per heavy atom. The van der Waals surface area contributed by atoms with Gasteiger partial charge in [-0.25, -0.2) is 4.98 Å². The zero-order valence-corrected chi connectivity index (χ0v) is 17.9. The van der Waals surface area contributed by atoms with E-state index in [1.165, 1.54) is 10.1 Å². The third-order valence-corrected chi connectivity index (χ3v) is 6.04. The molecule has 0 saturated heterocycles. The molecule has 0 fully saturated rings. The second kappa shape index (κ2) is 9.72. The Balaban J connectivity index is 1.34. The number of fused-ring (bicyclic) bond motifs is 2. The molecule has 0 spiro atoms. The predicted molar refractivity (Wildman–Crippen MR) is 123 cm³/mol. The SMILES string of the molecule is CCOC(=O)CCCCCOc1ccc2cc(-c3nc4ccccc4s3)ccc2c1. The van der Waals surface area contributed by atoms with Crippen molar-refractivity contribution in [3.8, 4) is 16.3 Å². The molecule has 154 valence electrons. The van der Waals surface area contributed by atoms with Gasteiger partial charge in [0.05, 0.1) is 23.4 Å². The van der Waals surface area contributed by atoms with E-state index in [0.717, 1.165) is 46.5 Å². The number of aromatic nitrogens is 1. The summed E-state index contributed by atoms with van der Waals surface area (Å²) in [6.07, 6.45) is 3.21. The number of ether oxygens (including phenoxy) is 2. The van der Waals surface area contributed by atoms with Crippen molar-refractivity contribution in [3.63, 3.8) is 0 Å². The number of esters is 1. The quantitative estimate of drug-likeness (QED) is 0.226. The fraction of sp³-hybridized carbons (Fsp3) is 0.280. The van der Waals surface area contributed by atoms with Crippen molar-refractivity contribution in [2.24, 2.45) is 0 Å². The number of para-hydroxylation sites is 1. The van der Waals surface area contributed by atoms with Gasteiger partial charge in [-0.05, 0) is 67.3 Å². The van der Waals surface area contributed by atoms with Crippen molar-refractivity contribution in [2.75, 3.05) is 13.2 Å². The van der Waals surface area contributed by atoms with Gasteiger partial charge in [-0.2, -0.15) is 0 Å². The van der Waals surface area contributed by atoms with Crippen LogP contribution in [0.2, 0.25) is 0 Å². The summed E-state index contributed by atoms with van der Waals surface area (Å²) < 4.78 is 12.0. The van der Waals surface area contributed by atoms with E-state index in [4.69, 9.17) is 14.5 Å². The summed E-state index contributed by atoms with van der Waals surface area (Å²) in [6.45, 7) is 2.93. The largest absolute Gasteiger partial charge is 0.494 e. The number of rotatable bonds is 9. The van der Waals surface area contributed by atoms with Crippen molar-refractivity contribution >= 4 is 38.3 Å². The molecule has 4 rings (SSSR count). The van der Waals surface area contributed by atoms with E-state index in [9.17, 15) is 4.79 Å². The maximum absolute atomic E-state index is 11.3. The summed E-state index contributed by atoms with van der Waals surface area (Å²) in [7, 11) is 0. The van der Waals surface area contributed by atoms with Crippen molar-refractivity contribution in [1.82, 2.24) is 4.98 Å².